The van der Waals surface area contributed by atoms with Gasteiger partial charge in [0.2, 0.25) is 0 Å². The third-order valence-electron chi connectivity index (χ3n) is 4.56. The van der Waals surface area contributed by atoms with Crippen molar-refractivity contribution in [2.24, 2.45) is 0 Å². The molecule has 3 nitrogen and oxygen atoms in total. The van der Waals surface area contributed by atoms with E-state index in [1.165, 1.54) is 61.3 Å². The molecule has 0 aliphatic heterocycles. The summed E-state index contributed by atoms with van der Waals surface area (Å²) in [6.45, 7) is 8.14. The van der Waals surface area contributed by atoms with Crippen LogP contribution >= 0.6 is 0 Å². The van der Waals surface area contributed by atoms with Crippen LogP contribution in [-0.4, -0.2) is 20.8 Å². The van der Waals surface area contributed by atoms with Gasteiger partial charge in [0.1, 0.15) is 0 Å². The number of benzene rings is 1. The Kier molecular flexibility index (Phi) is 11.5. The first-order valence-corrected chi connectivity index (χ1v) is 11.7. The molecule has 4 heteroatoms. The van der Waals surface area contributed by atoms with Crippen LogP contribution in [0.25, 0.3) is 0 Å². The summed E-state index contributed by atoms with van der Waals surface area (Å²) in [5, 5.41) is 0. The van der Waals surface area contributed by atoms with E-state index in [0.717, 1.165) is 19.3 Å². The number of rotatable bonds is 15. The summed E-state index contributed by atoms with van der Waals surface area (Å²) in [6, 6.07) is 6.85. The second kappa shape index (κ2) is 13.1. The van der Waals surface area contributed by atoms with Gasteiger partial charge in [-0.2, -0.15) is 8.42 Å². The molecule has 1 aromatic carbocycles. The van der Waals surface area contributed by atoms with Crippen molar-refractivity contribution < 1.29 is 12.6 Å². The third kappa shape index (κ3) is 9.54. The zero-order chi connectivity index (χ0) is 19.3. The van der Waals surface area contributed by atoms with E-state index >= 15 is 0 Å². The van der Waals surface area contributed by atoms with Gasteiger partial charge in [-0.1, -0.05) is 63.8 Å². The Bertz CT molecular complexity index is 620. The van der Waals surface area contributed by atoms with E-state index < -0.39 is 10.1 Å². The van der Waals surface area contributed by atoms with Crippen molar-refractivity contribution in [1.82, 2.24) is 0 Å². The predicted molar refractivity (Wildman–Crippen MR) is 111 cm³/mol. The molecule has 0 amide bonds. The molecule has 0 fully saturated rings. The van der Waals surface area contributed by atoms with Crippen molar-refractivity contribution in [3.63, 3.8) is 0 Å². The number of hydrogen-bond acceptors (Lipinski definition) is 3. The second-order valence-electron chi connectivity index (χ2n) is 6.96. The first-order valence-electron chi connectivity index (χ1n) is 10.1. The van der Waals surface area contributed by atoms with Gasteiger partial charge in [-0.15, -0.1) is 6.58 Å². The molecule has 0 saturated carbocycles. The van der Waals surface area contributed by atoms with Crippen LogP contribution in [0.1, 0.15) is 75.5 Å². The summed E-state index contributed by atoms with van der Waals surface area (Å²) in [5.74, 6) is -0.123. The Labute approximate surface area is 161 Å². The lowest BCUT2D eigenvalue weighted by Crippen LogP contribution is -2.10. The largest absolute Gasteiger partial charge is 0.270 e. The molecule has 1 rings (SSSR count). The molecule has 0 N–H and O–H groups in total. The van der Waals surface area contributed by atoms with Crippen molar-refractivity contribution in [2.75, 3.05) is 12.4 Å². The first-order chi connectivity index (χ1) is 12.5. The van der Waals surface area contributed by atoms with Crippen LogP contribution in [0.15, 0.2) is 30.9 Å². The van der Waals surface area contributed by atoms with Gasteiger partial charge in [0.15, 0.2) is 0 Å². The highest BCUT2D eigenvalue weighted by Crippen LogP contribution is 2.19. The SMILES string of the molecule is C=CCS(=O)(=O)OCCCc1ccc(CCCCC)cc1CCCCC. The molecule has 148 valence electrons. The van der Waals surface area contributed by atoms with Crippen LogP contribution in [0, 0.1) is 0 Å². The maximum atomic E-state index is 11.6. The van der Waals surface area contributed by atoms with Gasteiger partial charge in [-0.25, -0.2) is 0 Å². The van der Waals surface area contributed by atoms with E-state index in [0.29, 0.717) is 6.42 Å². The average Bonchev–Trinajstić information content (AvgIpc) is 2.60. The second-order valence-corrected chi connectivity index (χ2v) is 8.64. The molecule has 0 unspecified atom stereocenters. The number of aryl methyl sites for hydroxylation is 3. The van der Waals surface area contributed by atoms with E-state index in [2.05, 4.69) is 38.6 Å². The Morgan fingerprint density at radius 3 is 2.23 bits per heavy atom. The molecule has 26 heavy (non-hydrogen) atoms. The lowest BCUT2D eigenvalue weighted by atomic mass is 9.94. The highest BCUT2D eigenvalue weighted by molar-refractivity contribution is 7.86. The van der Waals surface area contributed by atoms with Gasteiger partial charge in [0.05, 0.1) is 12.4 Å². The van der Waals surface area contributed by atoms with Gasteiger partial charge < -0.3 is 0 Å². The van der Waals surface area contributed by atoms with E-state index in [4.69, 9.17) is 4.18 Å². The van der Waals surface area contributed by atoms with Crippen LogP contribution in [0.4, 0.5) is 0 Å². The highest BCUT2D eigenvalue weighted by atomic mass is 32.2. The lowest BCUT2D eigenvalue weighted by Gasteiger charge is -2.12. The quantitative estimate of drug-likeness (QED) is 0.225. The summed E-state index contributed by atoms with van der Waals surface area (Å²) in [6.07, 6.45) is 12.7. The number of hydrogen-bond donors (Lipinski definition) is 0. The molecule has 0 spiro atoms. The van der Waals surface area contributed by atoms with Crippen LogP contribution < -0.4 is 0 Å². The molecular formula is C22H36O3S. The third-order valence-corrected chi connectivity index (χ3v) is 5.73. The van der Waals surface area contributed by atoms with Crippen molar-refractivity contribution in [3.05, 3.63) is 47.5 Å². The van der Waals surface area contributed by atoms with E-state index in [1.807, 2.05) is 0 Å². The Balaban J connectivity index is 2.64. The van der Waals surface area contributed by atoms with Crippen molar-refractivity contribution in [1.29, 1.82) is 0 Å². The maximum Gasteiger partial charge on any atom is 0.270 e. The van der Waals surface area contributed by atoms with Crippen molar-refractivity contribution >= 4 is 10.1 Å². The fourth-order valence-electron chi connectivity index (χ4n) is 3.10. The lowest BCUT2D eigenvalue weighted by molar-refractivity contribution is 0.314. The molecular weight excluding hydrogens is 344 g/mol. The molecule has 1 aromatic rings. The summed E-state index contributed by atoms with van der Waals surface area (Å²) >= 11 is 0. The fourth-order valence-corrected chi connectivity index (χ4v) is 3.85. The van der Waals surface area contributed by atoms with E-state index in [-0.39, 0.29) is 12.4 Å². The minimum absolute atomic E-state index is 0.123. The van der Waals surface area contributed by atoms with Crippen LogP contribution in [0.5, 0.6) is 0 Å². The average molecular weight is 381 g/mol. The van der Waals surface area contributed by atoms with Crippen molar-refractivity contribution in [3.8, 4) is 0 Å². The van der Waals surface area contributed by atoms with Crippen LogP contribution in [0.3, 0.4) is 0 Å². The monoisotopic (exact) mass is 380 g/mol. The summed E-state index contributed by atoms with van der Waals surface area (Å²) in [7, 11) is -3.45. The highest BCUT2D eigenvalue weighted by Gasteiger charge is 2.09. The predicted octanol–water partition coefficient (Wildman–Crippen LogP) is 5.62. The molecule has 0 saturated heterocycles. The Morgan fingerprint density at radius 1 is 0.923 bits per heavy atom. The smallest absolute Gasteiger partial charge is 0.270 e. The van der Waals surface area contributed by atoms with E-state index in [1.54, 1.807) is 0 Å². The zero-order valence-electron chi connectivity index (χ0n) is 16.6. The van der Waals surface area contributed by atoms with Crippen LogP contribution in [-0.2, 0) is 33.6 Å². The maximum absolute atomic E-state index is 11.6. The normalized spacial score (nSPS) is 11.6. The van der Waals surface area contributed by atoms with Gasteiger partial charge in [0, 0.05) is 0 Å². The molecule has 0 atom stereocenters. The minimum atomic E-state index is -3.45. The minimum Gasteiger partial charge on any atom is -0.270 e. The van der Waals surface area contributed by atoms with Crippen LogP contribution in [0.2, 0.25) is 0 Å². The fraction of sp³-hybridized carbons (Fsp3) is 0.636. The summed E-state index contributed by atoms with van der Waals surface area (Å²) in [5.41, 5.74) is 4.20. The molecule has 0 bridgehead atoms. The Morgan fingerprint density at radius 2 is 1.58 bits per heavy atom. The van der Waals surface area contributed by atoms with E-state index in [9.17, 15) is 8.42 Å². The Hall–Kier alpha value is -1.13. The van der Waals surface area contributed by atoms with Gasteiger partial charge in [-0.3, -0.25) is 4.18 Å². The molecule has 0 aliphatic carbocycles. The number of unbranched alkanes of at least 4 members (excludes halogenated alkanes) is 4. The molecule has 0 radical (unpaired) electrons. The van der Waals surface area contributed by atoms with Gasteiger partial charge in [-0.05, 0) is 55.2 Å². The van der Waals surface area contributed by atoms with Gasteiger partial charge >= 0.3 is 0 Å². The molecule has 0 aromatic heterocycles. The summed E-state index contributed by atoms with van der Waals surface area (Å²) < 4.78 is 28.1. The summed E-state index contributed by atoms with van der Waals surface area (Å²) in [4.78, 5) is 0. The zero-order valence-corrected chi connectivity index (χ0v) is 17.5. The van der Waals surface area contributed by atoms with Crippen molar-refractivity contribution in [2.45, 2.75) is 78.1 Å². The molecule has 0 aliphatic rings. The standard InChI is InChI=1S/C22H36O3S/c1-4-7-9-12-20-15-16-21(22(19-20)13-10-8-5-2)14-11-17-25-26(23,24)18-6-3/h6,15-16,19H,3-5,7-14,17-18H2,1-2H3. The topological polar surface area (TPSA) is 43.4 Å². The first kappa shape index (κ1) is 22.9. The molecule has 0 heterocycles. The van der Waals surface area contributed by atoms with Gasteiger partial charge in [0.25, 0.3) is 10.1 Å².